The third-order valence-electron chi connectivity index (χ3n) is 7.76. The predicted molar refractivity (Wildman–Crippen MR) is 137 cm³/mol. The van der Waals surface area contributed by atoms with E-state index in [0.29, 0.717) is 25.3 Å². The molecule has 1 aliphatic carbocycles. The van der Waals surface area contributed by atoms with Crippen molar-refractivity contribution in [1.29, 1.82) is 0 Å². The van der Waals surface area contributed by atoms with Crippen LogP contribution in [0.2, 0.25) is 0 Å². The summed E-state index contributed by atoms with van der Waals surface area (Å²) >= 11 is 1.75. The molecule has 2 saturated heterocycles. The number of carbonyl (C=O) groups is 2. The topological polar surface area (TPSA) is 43.9 Å². The van der Waals surface area contributed by atoms with Crippen molar-refractivity contribution in [2.75, 3.05) is 25.9 Å². The molecule has 0 N–H and O–H groups in total. The Morgan fingerprint density at radius 1 is 0.971 bits per heavy atom. The molecule has 2 heterocycles. The van der Waals surface area contributed by atoms with Gasteiger partial charge in [-0.25, -0.2) is 4.79 Å². The molecule has 180 valence electrons. The smallest absolute Gasteiger partial charge is 0.309 e. The Hall–Kier alpha value is -2.31. The number of likely N-dealkylation sites (tertiary alicyclic amines) is 1. The molecule has 1 spiro atoms. The van der Waals surface area contributed by atoms with Gasteiger partial charge in [0, 0.05) is 37.1 Å². The number of fused-ring (bicyclic) bond motifs is 1. The summed E-state index contributed by atoms with van der Waals surface area (Å²) < 4.78 is 0. The van der Waals surface area contributed by atoms with Crippen molar-refractivity contribution < 1.29 is 9.59 Å². The second-order valence-electron chi connectivity index (χ2n) is 10.4. The number of urea groups is 1. The van der Waals surface area contributed by atoms with Crippen LogP contribution in [0, 0.1) is 5.92 Å². The molecule has 2 aliphatic heterocycles. The zero-order valence-corrected chi connectivity index (χ0v) is 21.3. The highest BCUT2D eigenvalue weighted by atomic mass is 32.2. The molecule has 0 bridgehead atoms. The van der Waals surface area contributed by atoms with Crippen LogP contribution in [0.3, 0.4) is 0 Å². The average molecular weight is 478 g/mol. The first-order valence-corrected chi connectivity index (χ1v) is 13.7. The van der Waals surface area contributed by atoms with Gasteiger partial charge in [0.05, 0.1) is 0 Å². The Kier molecular flexibility index (Phi) is 6.47. The van der Waals surface area contributed by atoms with Crippen LogP contribution in [0.1, 0.15) is 43.4 Å². The fourth-order valence-electron chi connectivity index (χ4n) is 5.95. The van der Waals surface area contributed by atoms with Crippen LogP contribution in [-0.2, 0) is 24.2 Å². The first-order chi connectivity index (χ1) is 16.4. The molecule has 0 atom stereocenters. The van der Waals surface area contributed by atoms with Crippen molar-refractivity contribution in [3.05, 3.63) is 65.2 Å². The monoisotopic (exact) mass is 477 g/mol. The summed E-state index contributed by atoms with van der Waals surface area (Å²) in [5.74, 6) is 0.363. The van der Waals surface area contributed by atoms with E-state index in [2.05, 4.69) is 61.4 Å². The van der Waals surface area contributed by atoms with E-state index in [1.807, 2.05) is 17.0 Å². The number of rotatable bonds is 6. The molecule has 2 aromatic carbocycles. The van der Waals surface area contributed by atoms with Crippen molar-refractivity contribution in [3.8, 4) is 0 Å². The largest absolute Gasteiger partial charge is 0.327 e. The SMILES string of the molecule is CSc1ccc(CN2CCC3(CC2)C(=O)N(C2Cc4ccccc4C2)C(=O)N3CC(C)C)cc1. The van der Waals surface area contributed by atoms with E-state index in [1.54, 1.807) is 16.7 Å². The quantitative estimate of drug-likeness (QED) is 0.442. The van der Waals surface area contributed by atoms with E-state index >= 15 is 0 Å². The maximum absolute atomic E-state index is 14.0. The Morgan fingerprint density at radius 2 is 1.59 bits per heavy atom. The molecular formula is C28H35N3O2S. The summed E-state index contributed by atoms with van der Waals surface area (Å²) in [6, 6.07) is 17.0. The van der Waals surface area contributed by atoms with Gasteiger partial charge in [-0.2, -0.15) is 0 Å². The lowest BCUT2D eigenvalue weighted by atomic mass is 9.85. The fourth-order valence-corrected chi connectivity index (χ4v) is 6.36. The van der Waals surface area contributed by atoms with Gasteiger partial charge < -0.3 is 4.90 Å². The molecule has 34 heavy (non-hydrogen) atoms. The maximum atomic E-state index is 14.0. The summed E-state index contributed by atoms with van der Waals surface area (Å²) in [6.07, 6.45) is 5.07. The second-order valence-corrected chi connectivity index (χ2v) is 11.3. The van der Waals surface area contributed by atoms with Crippen LogP contribution >= 0.6 is 11.8 Å². The Morgan fingerprint density at radius 3 is 2.15 bits per heavy atom. The summed E-state index contributed by atoms with van der Waals surface area (Å²) in [4.78, 5) is 35.0. The van der Waals surface area contributed by atoms with Crippen LogP contribution in [0.5, 0.6) is 0 Å². The van der Waals surface area contributed by atoms with Gasteiger partial charge in [0.2, 0.25) is 0 Å². The molecule has 3 amide bonds. The molecule has 2 aromatic rings. The second kappa shape index (κ2) is 9.38. The highest BCUT2D eigenvalue weighted by Gasteiger charge is 2.59. The van der Waals surface area contributed by atoms with Gasteiger partial charge in [-0.1, -0.05) is 50.2 Å². The van der Waals surface area contributed by atoms with Gasteiger partial charge in [0.1, 0.15) is 5.54 Å². The van der Waals surface area contributed by atoms with E-state index in [9.17, 15) is 9.59 Å². The van der Waals surface area contributed by atoms with Gasteiger partial charge in [-0.3, -0.25) is 14.6 Å². The minimum Gasteiger partial charge on any atom is -0.309 e. The van der Waals surface area contributed by atoms with Crippen LogP contribution in [0.4, 0.5) is 4.79 Å². The van der Waals surface area contributed by atoms with Crippen LogP contribution in [0.25, 0.3) is 0 Å². The van der Waals surface area contributed by atoms with Crippen molar-refractivity contribution in [2.24, 2.45) is 5.92 Å². The zero-order chi connectivity index (χ0) is 23.9. The number of hydrogen-bond donors (Lipinski definition) is 0. The number of amides is 3. The molecule has 3 aliphatic rings. The highest BCUT2D eigenvalue weighted by Crippen LogP contribution is 2.41. The summed E-state index contributed by atoms with van der Waals surface area (Å²) in [5.41, 5.74) is 3.15. The van der Waals surface area contributed by atoms with Crippen molar-refractivity contribution in [2.45, 2.75) is 62.6 Å². The lowest BCUT2D eigenvalue weighted by Gasteiger charge is -2.42. The van der Waals surface area contributed by atoms with Gasteiger partial charge in [-0.05, 0) is 66.7 Å². The van der Waals surface area contributed by atoms with Crippen molar-refractivity contribution in [3.63, 3.8) is 0 Å². The lowest BCUT2D eigenvalue weighted by Crippen LogP contribution is -2.57. The maximum Gasteiger partial charge on any atom is 0.327 e. The molecule has 6 heteroatoms. The van der Waals surface area contributed by atoms with E-state index in [1.165, 1.54) is 21.6 Å². The average Bonchev–Trinajstić information content (AvgIpc) is 3.34. The molecule has 5 nitrogen and oxygen atoms in total. The lowest BCUT2D eigenvalue weighted by molar-refractivity contribution is -0.137. The van der Waals surface area contributed by atoms with Crippen molar-refractivity contribution in [1.82, 2.24) is 14.7 Å². The minimum atomic E-state index is -0.685. The number of imide groups is 1. The number of carbonyl (C=O) groups excluding carboxylic acids is 2. The van der Waals surface area contributed by atoms with Crippen LogP contribution in [-0.4, -0.2) is 64.1 Å². The van der Waals surface area contributed by atoms with Crippen LogP contribution < -0.4 is 0 Å². The molecule has 2 fully saturated rings. The van der Waals surface area contributed by atoms with E-state index in [4.69, 9.17) is 0 Å². The molecule has 0 saturated carbocycles. The first kappa shape index (κ1) is 23.4. The van der Waals surface area contributed by atoms with Gasteiger partial charge in [0.15, 0.2) is 0 Å². The van der Waals surface area contributed by atoms with Gasteiger partial charge in [0.25, 0.3) is 5.91 Å². The number of benzene rings is 2. The number of thioether (sulfide) groups is 1. The van der Waals surface area contributed by atoms with Gasteiger partial charge in [-0.15, -0.1) is 11.8 Å². The summed E-state index contributed by atoms with van der Waals surface area (Å²) in [6.45, 7) is 7.45. The molecule has 0 unspecified atom stereocenters. The predicted octanol–water partition coefficient (Wildman–Crippen LogP) is 4.83. The fraction of sp³-hybridized carbons (Fsp3) is 0.500. The van der Waals surface area contributed by atoms with E-state index in [0.717, 1.165) is 32.5 Å². The highest BCUT2D eigenvalue weighted by molar-refractivity contribution is 7.98. The number of hydrogen-bond acceptors (Lipinski definition) is 4. The Balaban J connectivity index is 1.33. The normalized spacial score (nSPS) is 20.7. The van der Waals surface area contributed by atoms with Crippen LogP contribution in [0.15, 0.2) is 53.4 Å². The third kappa shape index (κ3) is 4.16. The van der Waals surface area contributed by atoms with E-state index in [-0.39, 0.29) is 18.0 Å². The van der Waals surface area contributed by atoms with E-state index < -0.39 is 5.54 Å². The zero-order valence-electron chi connectivity index (χ0n) is 20.5. The Labute approximate surface area is 207 Å². The third-order valence-corrected chi connectivity index (χ3v) is 8.50. The summed E-state index contributed by atoms with van der Waals surface area (Å²) in [5, 5.41) is 0. The van der Waals surface area contributed by atoms with Crippen molar-refractivity contribution >= 4 is 23.7 Å². The summed E-state index contributed by atoms with van der Waals surface area (Å²) in [7, 11) is 0. The number of nitrogens with zero attached hydrogens (tertiary/aromatic N) is 3. The molecular weight excluding hydrogens is 442 g/mol. The van der Waals surface area contributed by atoms with Gasteiger partial charge >= 0.3 is 6.03 Å². The minimum absolute atomic E-state index is 0.0416. The molecule has 0 radical (unpaired) electrons. The first-order valence-electron chi connectivity index (χ1n) is 12.5. The molecule has 0 aromatic heterocycles. The number of piperidine rings is 1. The molecule has 5 rings (SSSR count). The standard InChI is InChI=1S/C28H35N3O2S/c1-20(2)18-30-27(33)31(24-16-22-6-4-5-7-23(22)17-24)26(32)28(30)12-14-29(15-13-28)19-21-8-10-25(34-3)11-9-21/h4-11,20,24H,12-19H2,1-3H3. The Bertz CT molecular complexity index is 1030.